The third kappa shape index (κ3) is 3.76. The molecule has 1 saturated heterocycles. The van der Waals surface area contributed by atoms with Gasteiger partial charge in [-0.25, -0.2) is 8.42 Å². The fourth-order valence-electron chi connectivity index (χ4n) is 2.32. The van der Waals surface area contributed by atoms with Crippen molar-refractivity contribution in [2.24, 2.45) is 5.73 Å². The van der Waals surface area contributed by atoms with Gasteiger partial charge in [0.2, 0.25) is 10.0 Å². The van der Waals surface area contributed by atoms with Gasteiger partial charge in [-0.1, -0.05) is 24.3 Å². The maximum atomic E-state index is 12.3. The second-order valence-electron chi connectivity index (χ2n) is 4.93. The molecule has 1 atom stereocenters. The summed E-state index contributed by atoms with van der Waals surface area (Å²) in [5.41, 5.74) is 7.21. The van der Waals surface area contributed by atoms with E-state index >= 15 is 0 Å². The second kappa shape index (κ2) is 6.00. The number of hydrogen-bond acceptors (Lipinski definition) is 4. The minimum atomic E-state index is -3.36. The van der Waals surface area contributed by atoms with Crippen LogP contribution in [0.5, 0.6) is 0 Å². The highest BCUT2D eigenvalue weighted by molar-refractivity contribution is 7.88. The molecule has 0 bridgehead atoms. The van der Waals surface area contributed by atoms with E-state index in [1.165, 1.54) is 4.31 Å². The van der Waals surface area contributed by atoms with Gasteiger partial charge in [0.15, 0.2) is 0 Å². The minimum Gasteiger partial charge on any atom is -0.392 e. The Morgan fingerprint density at radius 3 is 2.79 bits per heavy atom. The molecule has 1 unspecified atom stereocenters. The predicted molar refractivity (Wildman–Crippen MR) is 73.8 cm³/mol. The lowest BCUT2D eigenvalue weighted by molar-refractivity contribution is 0.108. The summed E-state index contributed by atoms with van der Waals surface area (Å²) in [7, 11) is -3.36. The molecule has 1 heterocycles. The number of nitrogens with two attached hydrogens (primary N) is 1. The number of sulfonamides is 1. The first-order valence-electron chi connectivity index (χ1n) is 6.45. The maximum Gasteiger partial charge on any atom is 0.218 e. The van der Waals surface area contributed by atoms with E-state index in [9.17, 15) is 13.5 Å². The van der Waals surface area contributed by atoms with Crippen LogP contribution in [0.3, 0.4) is 0 Å². The van der Waals surface area contributed by atoms with E-state index in [4.69, 9.17) is 5.73 Å². The predicted octanol–water partition coefficient (Wildman–Crippen LogP) is 0.432. The Balaban J connectivity index is 2.11. The van der Waals surface area contributed by atoms with E-state index in [2.05, 4.69) is 0 Å². The highest BCUT2D eigenvalue weighted by Crippen LogP contribution is 2.18. The van der Waals surface area contributed by atoms with Crippen LogP contribution in [0.4, 0.5) is 0 Å². The molecule has 0 amide bonds. The minimum absolute atomic E-state index is 0.0342. The summed E-state index contributed by atoms with van der Waals surface area (Å²) in [5, 5.41) is 9.57. The van der Waals surface area contributed by atoms with Crippen LogP contribution in [0.25, 0.3) is 0 Å². The molecule has 19 heavy (non-hydrogen) atoms. The monoisotopic (exact) mass is 284 g/mol. The largest absolute Gasteiger partial charge is 0.392 e. The Morgan fingerprint density at radius 1 is 1.37 bits per heavy atom. The first kappa shape index (κ1) is 14.5. The van der Waals surface area contributed by atoms with Crippen molar-refractivity contribution >= 4 is 10.0 Å². The molecule has 1 aliphatic rings. The van der Waals surface area contributed by atoms with E-state index in [1.54, 1.807) is 6.07 Å². The topological polar surface area (TPSA) is 83.6 Å². The molecule has 0 radical (unpaired) electrons. The lowest BCUT2D eigenvalue weighted by atomic mass is 10.1. The van der Waals surface area contributed by atoms with E-state index in [0.717, 1.165) is 11.1 Å². The van der Waals surface area contributed by atoms with Gasteiger partial charge < -0.3 is 10.8 Å². The third-order valence-corrected chi connectivity index (χ3v) is 5.15. The second-order valence-corrected chi connectivity index (χ2v) is 6.90. The number of rotatable bonds is 4. The molecule has 0 aliphatic carbocycles. The number of hydrogen-bond donors (Lipinski definition) is 2. The highest BCUT2D eigenvalue weighted by atomic mass is 32.2. The summed E-state index contributed by atoms with van der Waals surface area (Å²) in [5.74, 6) is -0.0342. The number of aliphatic hydroxyl groups is 1. The number of β-amino-alcohol motifs (C(OH)–C–C–N with tert-alkyl or cyclic N) is 1. The van der Waals surface area contributed by atoms with Crippen molar-refractivity contribution in [2.75, 3.05) is 13.1 Å². The molecule has 0 spiro atoms. The van der Waals surface area contributed by atoms with E-state index in [1.807, 2.05) is 18.2 Å². The van der Waals surface area contributed by atoms with Gasteiger partial charge in [-0.05, 0) is 24.0 Å². The van der Waals surface area contributed by atoms with Gasteiger partial charge in [0.1, 0.15) is 0 Å². The van der Waals surface area contributed by atoms with Crippen molar-refractivity contribution in [3.8, 4) is 0 Å². The summed E-state index contributed by atoms with van der Waals surface area (Å²) in [6.45, 7) is 1.10. The van der Waals surface area contributed by atoms with Crippen LogP contribution in [0.15, 0.2) is 24.3 Å². The highest BCUT2D eigenvalue weighted by Gasteiger charge is 2.27. The first-order valence-corrected chi connectivity index (χ1v) is 8.06. The molecular weight excluding hydrogens is 264 g/mol. The average molecular weight is 284 g/mol. The molecule has 1 aliphatic heterocycles. The van der Waals surface area contributed by atoms with Gasteiger partial charge in [0, 0.05) is 19.6 Å². The zero-order valence-corrected chi connectivity index (χ0v) is 11.6. The summed E-state index contributed by atoms with van der Waals surface area (Å²) in [4.78, 5) is 0. The van der Waals surface area contributed by atoms with Crippen LogP contribution in [0.1, 0.15) is 24.0 Å². The molecular formula is C13H20N2O3S. The molecule has 0 aromatic heterocycles. The van der Waals surface area contributed by atoms with Crippen molar-refractivity contribution < 1.29 is 13.5 Å². The summed E-state index contributed by atoms with van der Waals surface area (Å²) < 4.78 is 26.0. The molecule has 0 saturated carbocycles. The first-order chi connectivity index (χ1) is 9.01. The van der Waals surface area contributed by atoms with Crippen molar-refractivity contribution in [1.29, 1.82) is 0 Å². The van der Waals surface area contributed by atoms with Crippen LogP contribution in [0, 0.1) is 0 Å². The van der Waals surface area contributed by atoms with Crippen molar-refractivity contribution in [3.05, 3.63) is 35.4 Å². The van der Waals surface area contributed by atoms with E-state index in [0.29, 0.717) is 25.9 Å². The van der Waals surface area contributed by atoms with E-state index < -0.39 is 16.1 Å². The molecule has 2 rings (SSSR count). The van der Waals surface area contributed by atoms with Crippen molar-refractivity contribution in [2.45, 2.75) is 31.2 Å². The molecule has 6 heteroatoms. The van der Waals surface area contributed by atoms with Gasteiger partial charge in [-0.2, -0.15) is 4.31 Å². The van der Waals surface area contributed by atoms with Gasteiger partial charge in [-0.15, -0.1) is 0 Å². The van der Waals surface area contributed by atoms with Crippen LogP contribution in [-0.2, 0) is 22.3 Å². The van der Waals surface area contributed by atoms with E-state index in [-0.39, 0.29) is 12.3 Å². The fraction of sp³-hybridized carbons (Fsp3) is 0.538. The molecule has 5 nitrogen and oxygen atoms in total. The Hall–Kier alpha value is -0.950. The SMILES string of the molecule is NCc1cccc(CS(=O)(=O)N2CCCC(O)C2)c1. The molecule has 1 fully saturated rings. The van der Waals surface area contributed by atoms with Crippen LogP contribution >= 0.6 is 0 Å². The molecule has 106 valence electrons. The molecule has 1 aromatic rings. The number of benzene rings is 1. The molecule has 1 aromatic carbocycles. The smallest absolute Gasteiger partial charge is 0.218 e. The number of aliphatic hydroxyl groups excluding tert-OH is 1. The standard InChI is InChI=1S/C13H20N2O3S/c14-8-11-3-1-4-12(7-11)10-19(17,18)15-6-2-5-13(16)9-15/h1,3-4,7,13,16H,2,5-6,8-10,14H2. The quantitative estimate of drug-likeness (QED) is 0.840. The van der Waals surface area contributed by atoms with Gasteiger partial charge in [0.25, 0.3) is 0 Å². The Labute approximate surface area is 114 Å². The van der Waals surface area contributed by atoms with Crippen molar-refractivity contribution in [3.63, 3.8) is 0 Å². The third-order valence-electron chi connectivity index (χ3n) is 3.33. The average Bonchev–Trinajstić information content (AvgIpc) is 2.38. The van der Waals surface area contributed by atoms with Gasteiger partial charge in [-0.3, -0.25) is 0 Å². The Bertz CT molecular complexity index is 530. The Morgan fingerprint density at radius 2 is 2.11 bits per heavy atom. The summed E-state index contributed by atoms with van der Waals surface area (Å²) in [6.07, 6.45) is 0.844. The summed E-state index contributed by atoms with van der Waals surface area (Å²) in [6, 6.07) is 7.30. The van der Waals surface area contributed by atoms with Crippen LogP contribution in [-0.4, -0.2) is 37.0 Å². The number of piperidine rings is 1. The summed E-state index contributed by atoms with van der Waals surface area (Å²) >= 11 is 0. The van der Waals surface area contributed by atoms with Crippen molar-refractivity contribution in [1.82, 2.24) is 4.31 Å². The normalized spacial score (nSPS) is 21.5. The van der Waals surface area contributed by atoms with Crippen LogP contribution in [0.2, 0.25) is 0 Å². The van der Waals surface area contributed by atoms with Crippen LogP contribution < -0.4 is 5.73 Å². The molecule has 3 N–H and O–H groups in total. The lowest BCUT2D eigenvalue weighted by Gasteiger charge is -2.29. The Kier molecular flexibility index (Phi) is 4.57. The van der Waals surface area contributed by atoms with Gasteiger partial charge >= 0.3 is 0 Å². The lowest BCUT2D eigenvalue weighted by Crippen LogP contribution is -2.42. The van der Waals surface area contributed by atoms with Gasteiger partial charge in [0.05, 0.1) is 11.9 Å². The maximum absolute atomic E-state index is 12.3. The number of nitrogens with zero attached hydrogens (tertiary/aromatic N) is 1. The zero-order valence-electron chi connectivity index (χ0n) is 10.8. The fourth-order valence-corrected chi connectivity index (χ4v) is 3.91. The zero-order chi connectivity index (χ0) is 13.9.